The molecule has 0 spiro atoms. The van der Waals surface area contributed by atoms with E-state index in [0.717, 1.165) is 24.9 Å². The summed E-state index contributed by atoms with van der Waals surface area (Å²) < 4.78 is 13.5. The molecule has 0 radical (unpaired) electrons. The zero-order valence-corrected chi connectivity index (χ0v) is 11.8. The molecule has 2 atom stereocenters. The number of rotatable bonds is 4. The number of nitrogens with one attached hydrogen (secondary N) is 1. The Kier molecular flexibility index (Phi) is 3.83. The summed E-state index contributed by atoms with van der Waals surface area (Å²) in [5, 5.41) is 3.23. The largest absolute Gasteiger partial charge is 0.320 e. The summed E-state index contributed by atoms with van der Waals surface area (Å²) in [5.74, 6) is 0.773. The highest BCUT2D eigenvalue weighted by Crippen LogP contribution is 2.46. The smallest absolute Gasteiger partial charge is 0.123 e. The van der Waals surface area contributed by atoms with Crippen LogP contribution in [0, 0.1) is 5.82 Å². The minimum absolute atomic E-state index is 0.140. The number of fused-ring (bicyclic) bond motifs is 1. The molecule has 1 aliphatic rings. The number of benzene rings is 2. The van der Waals surface area contributed by atoms with Crippen LogP contribution in [0.1, 0.15) is 41.4 Å². The van der Waals surface area contributed by atoms with E-state index in [1.54, 1.807) is 6.07 Å². The summed E-state index contributed by atoms with van der Waals surface area (Å²) in [5.41, 5.74) is 3.92. The first-order valence-corrected chi connectivity index (χ1v) is 7.28. The average Bonchev–Trinajstić information content (AvgIpc) is 2.84. The molecule has 104 valence electrons. The van der Waals surface area contributed by atoms with Crippen molar-refractivity contribution in [2.24, 2.45) is 0 Å². The number of hydrogen-bond donors (Lipinski definition) is 1. The highest BCUT2D eigenvalue weighted by atomic mass is 19.1. The summed E-state index contributed by atoms with van der Waals surface area (Å²) in [6.07, 6.45) is 2.23. The van der Waals surface area contributed by atoms with Gasteiger partial charge in [0.05, 0.1) is 0 Å². The van der Waals surface area contributed by atoms with Crippen LogP contribution in [0.4, 0.5) is 4.39 Å². The van der Waals surface area contributed by atoms with E-state index < -0.39 is 0 Å². The van der Waals surface area contributed by atoms with Gasteiger partial charge in [-0.3, -0.25) is 0 Å². The normalized spacial score (nSPS) is 20.9. The van der Waals surface area contributed by atoms with E-state index in [0.29, 0.717) is 11.8 Å². The van der Waals surface area contributed by atoms with Crippen molar-refractivity contribution in [3.63, 3.8) is 0 Å². The van der Waals surface area contributed by atoms with Gasteiger partial charge in [0.2, 0.25) is 0 Å². The SMILES string of the molecule is CNCC[C@@H]1C[C@@H](c2cccc(F)c2)c2ccccc21. The van der Waals surface area contributed by atoms with Gasteiger partial charge in [0.25, 0.3) is 0 Å². The molecule has 0 unspecified atom stereocenters. The van der Waals surface area contributed by atoms with Crippen molar-refractivity contribution >= 4 is 0 Å². The maximum absolute atomic E-state index is 13.5. The third-order valence-corrected chi connectivity index (χ3v) is 4.33. The summed E-state index contributed by atoms with van der Waals surface area (Å²) in [7, 11) is 1.99. The lowest BCUT2D eigenvalue weighted by Gasteiger charge is -2.13. The van der Waals surface area contributed by atoms with E-state index >= 15 is 0 Å². The fourth-order valence-corrected chi connectivity index (χ4v) is 3.37. The minimum Gasteiger partial charge on any atom is -0.320 e. The zero-order valence-electron chi connectivity index (χ0n) is 11.8. The van der Waals surface area contributed by atoms with Crippen molar-refractivity contribution in [1.29, 1.82) is 0 Å². The van der Waals surface area contributed by atoms with E-state index in [9.17, 15) is 4.39 Å². The molecule has 20 heavy (non-hydrogen) atoms. The van der Waals surface area contributed by atoms with E-state index in [1.807, 2.05) is 19.2 Å². The van der Waals surface area contributed by atoms with Crippen LogP contribution in [0.3, 0.4) is 0 Å². The molecule has 0 saturated heterocycles. The van der Waals surface area contributed by atoms with Gasteiger partial charge in [0.1, 0.15) is 5.82 Å². The number of halogens is 1. The molecule has 0 saturated carbocycles. The topological polar surface area (TPSA) is 12.0 Å². The molecule has 0 fully saturated rings. The van der Waals surface area contributed by atoms with Crippen molar-refractivity contribution in [1.82, 2.24) is 5.32 Å². The van der Waals surface area contributed by atoms with Crippen LogP contribution in [0.2, 0.25) is 0 Å². The van der Waals surface area contributed by atoms with E-state index in [4.69, 9.17) is 0 Å². The molecule has 0 aromatic heterocycles. The molecule has 1 N–H and O–H groups in total. The maximum Gasteiger partial charge on any atom is 0.123 e. The van der Waals surface area contributed by atoms with Crippen LogP contribution in [0.5, 0.6) is 0 Å². The van der Waals surface area contributed by atoms with Gasteiger partial charge in [-0.05, 0) is 61.2 Å². The van der Waals surface area contributed by atoms with Gasteiger partial charge < -0.3 is 5.32 Å². The first-order chi connectivity index (χ1) is 9.79. The van der Waals surface area contributed by atoms with E-state index in [2.05, 4.69) is 29.6 Å². The van der Waals surface area contributed by atoms with Gasteiger partial charge in [-0.25, -0.2) is 4.39 Å². The Balaban J connectivity index is 1.94. The summed E-state index contributed by atoms with van der Waals surface area (Å²) in [6, 6.07) is 15.7. The quantitative estimate of drug-likeness (QED) is 0.882. The average molecular weight is 269 g/mol. The Morgan fingerprint density at radius 3 is 2.65 bits per heavy atom. The predicted molar refractivity (Wildman–Crippen MR) is 80.6 cm³/mol. The third kappa shape index (κ3) is 2.48. The predicted octanol–water partition coefficient (Wildman–Crippen LogP) is 4.05. The Morgan fingerprint density at radius 2 is 1.90 bits per heavy atom. The van der Waals surface area contributed by atoms with Gasteiger partial charge in [0.15, 0.2) is 0 Å². The molecule has 2 heteroatoms. The molecule has 3 rings (SSSR count). The summed E-state index contributed by atoms with van der Waals surface area (Å²) in [6.45, 7) is 1.02. The molecule has 0 bridgehead atoms. The third-order valence-electron chi connectivity index (χ3n) is 4.33. The molecule has 0 amide bonds. The van der Waals surface area contributed by atoms with Crippen LogP contribution in [-0.2, 0) is 0 Å². The highest BCUT2D eigenvalue weighted by Gasteiger charge is 2.31. The zero-order chi connectivity index (χ0) is 13.9. The second kappa shape index (κ2) is 5.76. The van der Waals surface area contributed by atoms with Gasteiger partial charge in [0, 0.05) is 5.92 Å². The Morgan fingerprint density at radius 1 is 1.10 bits per heavy atom. The molecule has 1 nitrogen and oxygen atoms in total. The van der Waals surface area contributed by atoms with Crippen LogP contribution < -0.4 is 5.32 Å². The second-order valence-corrected chi connectivity index (χ2v) is 5.56. The molecule has 0 aliphatic heterocycles. The van der Waals surface area contributed by atoms with Crippen LogP contribution in [-0.4, -0.2) is 13.6 Å². The Labute approximate surface area is 119 Å². The lowest BCUT2D eigenvalue weighted by molar-refractivity contribution is 0.567. The number of hydrogen-bond acceptors (Lipinski definition) is 1. The Bertz CT molecular complexity index is 593. The first kappa shape index (κ1) is 13.3. The van der Waals surface area contributed by atoms with Gasteiger partial charge >= 0.3 is 0 Å². The fourth-order valence-electron chi connectivity index (χ4n) is 3.37. The molecule has 2 aromatic carbocycles. The van der Waals surface area contributed by atoms with Gasteiger partial charge in [-0.1, -0.05) is 36.4 Å². The standard InChI is InChI=1S/C18H20FN/c1-20-10-9-14-12-18(13-5-4-6-15(19)11-13)17-8-3-2-7-16(14)17/h2-8,11,14,18,20H,9-10,12H2,1H3/t14-,18+/m1/s1. The van der Waals surface area contributed by atoms with Crippen molar-refractivity contribution < 1.29 is 4.39 Å². The van der Waals surface area contributed by atoms with Crippen LogP contribution in [0.15, 0.2) is 48.5 Å². The van der Waals surface area contributed by atoms with Crippen molar-refractivity contribution in [3.05, 3.63) is 71.0 Å². The second-order valence-electron chi connectivity index (χ2n) is 5.56. The molecule has 0 heterocycles. The molecular formula is C18H20FN. The van der Waals surface area contributed by atoms with Crippen LogP contribution >= 0.6 is 0 Å². The summed E-state index contributed by atoms with van der Waals surface area (Å²) in [4.78, 5) is 0. The maximum atomic E-state index is 13.5. The fraction of sp³-hybridized carbons (Fsp3) is 0.333. The van der Waals surface area contributed by atoms with Crippen molar-refractivity contribution in [3.8, 4) is 0 Å². The lowest BCUT2D eigenvalue weighted by atomic mass is 9.92. The monoisotopic (exact) mass is 269 g/mol. The van der Waals surface area contributed by atoms with E-state index in [-0.39, 0.29) is 5.82 Å². The molecule has 1 aliphatic carbocycles. The lowest BCUT2D eigenvalue weighted by Crippen LogP contribution is -2.11. The van der Waals surface area contributed by atoms with Crippen LogP contribution in [0.25, 0.3) is 0 Å². The van der Waals surface area contributed by atoms with Gasteiger partial charge in [-0.15, -0.1) is 0 Å². The van der Waals surface area contributed by atoms with E-state index in [1.165, 1.54) is 17.2 Å². The molecular weight excluding hydrogens is 249 g/mol. The molecule has 2 aromatic rings. The van der Waals surface area contributed by atoms with Crippen molar-refractivity contribution in [2.75, 3.05) is 13.6 Å². The Hall–Kier alpha value is -1.67. The minimum atomic E-state index is -0.140. The van der Waals surface area contributed by atoms with Crippen molar-refractivity contribution in [2.45, 2.75) is 24.7 Å². The highest BCUT2D eigenvalue weighted by molar-refractivity contribution is 5.44. The van der Waals surface area contributed by atoms with Gasteiger partial charge in [-0.2, -0.15) is 0 Å². The summed E-state index contributed by atoms with van der Waals surface area (Å²) >= 11 is 0. The first-order valence-electron chi connectivity index (χ1n) is 7.28.